The molecule has 1 aromatic carbocycles. The van der Waals surface area contributed by atoms with Crippen LogP contribution in [0.4, 0.5) is 5.69 Å². The molecule has 2 rings (SSSR count). The summed E-state index contributed by atoms with van der Waals surface area (Å²) in [6.45, 7) is 9.80. The highest BCUT2D eigenvalue weighted by Gasteiger charge is 2.25. The monoisotopic (exact) mass is 306 g/mol. The van der Waals surface area contributed by atoms with Gasteiger partial charge in [-0.25, -0.2) is 0 Å². The minimum atomic E-state index is -0.374. The lowest BCUT2D eigenvalue weighted by Gasteiger charge is -2.33. The maximum atomic E-state index is 11.1. The molecule has 0 spiro atoms. The number of nitro groups is 1. The maximum absolute atomic E-state index is 11.1. The highest BCUT2D eigenvalue weighted by Crippen LogP contribution is 2.37. The highest BCUT2D eigenvalue weighted by atomic mass is 16.6. The summed E-state index contributed by atoms with van der Waals surface area (Å²) in [7, 11) is 1.49. The summed E-state index contributed by atoms with van der Waals surface area (Å²) in [6, 6.07) is 3.52. The molecule has 122 valence electrons. The lowest BCUT2D eigenvalue weighted by molar-refractivity contribution is -0.385. The van der Waals surface area contributed by atoms with Crippen molar-refractivity contribution in [2.75, 3.05) is 26.7 Å². The second kappa shape index (κ2) is 7.09. The van der Waals surface area contributed by atoms with Crippen molar-refractivity contribution in [3.8, 4) is 5.75 Å². The number of benzene rings is 1. The van der Waals surface area contributed by atoms with E-state index in [4.69, 9.17) is 4.74 Å². The Morgan fingerprint density at radius 3 is 2.50 bits per heavy atom. The van der Waals surface area contributed by atoms with Gasteiger partial charge in [0.2, 0.25) is 0 Å². The molecule has 5 heteroatoms. The quantitative estimate of drug-likeness (QED) is 0.614. The lowest BCUT2D eigenvalue weighted by Crippen LogP contribution is -2.35. The fourth-order valence-corrected chi connectivity index (χ4v) is 3.38. The molecular formula is C17H26N2O3. The fourth-order valence-electron chi connectivity index (χ4n) is 3.38. The minimum absolute atomic E-state index is 0.0565. The second-order valence-corrected chi connectivity index (χ2v) is 6.61. The zero-order chi connectivity index (χ0) is 16.3. The first-order chi connectivity index (χ1) is 10.4. The molecular weight excluding hydrogens is 280 g/mol. The molecule has 0 atom stereocenters. The lowest BCUT2D eigenvalue weighted by atomic mass is 9.86. The van der Waals surface area contributed by atoms with Crippen LogP contribution in [0.15, 0.2) is 12.1 Å². The molecule has 0 bridgehead atoms. The Hall–Kier alpha value is -1.62. The van der Waals surface area contributed by atoms with Gasteiger partial charge in [0.1, 0.15) is 0 Å². The van der Waals surface area contributed by atoms with Crippen molar-refractivity contribution in [1.82, 2.24) is 4.90 Å². The van der Waals surface area contributed by atoms with Gasteiger partial charge in [0.15, 0.2) is 5.75 Å². The average molecular weight is 306 g/mol. The smallest absolute Gasteiger partial charge is 0.311 e. The van der Waals surface area contributed by atoms with E-state index < -0.39 is 0 Å². The zero-order valence-corrected chi connectivity index (χ0v) is 14.0. The Kier molecular flexibility index (Phi) is 5.40. The van der Waals surface area contributed by atoms with E-state index in [0.29, 0.717) is 17.6 Å². The Morgan fingerprint density at radius 1 is 1.36 bits per heavy atom. The summed E-state index contributed by atoms with van der Waals surface area (Å²) in [5.74, 6) is 1.53. The third-order valence-electron chi connectivity index (χ3n) is 4.41. The first-order valence-corrected chi connectivity index (χ1v) is 7.97. The third kappa shape index (κ3) is 3.77. The summed E-state index contributed by atoms with van der Waals surface area (Å²) in [6.07, 6.45) is 2.21. The van der Waals surface area contributed by atoms with E-state index >= 15 is 0 Å². The van der Waals surface area contributed by atoms with Gasteiger partial charge in [0, 0.05) is 12.6 Å². The standard InChI is InChI=1S/C17H26N2O3/c1-12(2)11-18-7-5-14(6-8-18)15-10-17(22-4)16(19(20)21)9-13(15)3/h9-10,12,14H,5-8,11H2,1-4H3. The van der Waals surface area contributed by atoms with E-state index in [0.717, 1.165) is 38.0 Å². The van der Waals surface area contributed by atoms with E-state index in [1.54, 1.807) is 6.07 Å². The second-order valence-electron chi connectivity index (χ2n) is 6.61. The molecule has 0 radical (unpaired) electrons. The molecule has 0 saturated carbocycles. The molecule has 1 saturated heterocycles. The van der Waals surface area contributed by atoms with Crippen LogP contribution >= 0.6 is 0 Å². The Bertz CT molecular complexity index is 535. The molecule has 1 aromatic rings. The van der Waals surface area contributed by atoms with Crippen molar-refractivity contribution < 1.29 is 9.66 Å². The van der Waals surface area contributed by atoms with Crippen LogP contribution in [0.1, 0.15) is 43.7 Å². The van der Waals surface area contributed by atoms with Crippen LogP contribution in [0.5, 0.6) is 5.75 Å². The number of ether oxygens (including phenoxy) is 1. The van der Waals surface area contributed by atoms with Gasteiger partial charge < -0.3 is 9.64 Å². The Labute approximate surface area is 132 Å². The number of rotatable bonds is 5. The number of nitro benzene ring substituents is 1. The average Bonchev–Trinajstić information content (AvgIpc) is 2.47. The van der Waals surface area contributed by atoms with Crippen LogP contribution in [0.3, 0.4) is 0 Å². The van der Waals surface area contributed by atoms with Crippen LogP contribution in [0, 0.1) is 23.0 Å². The number of nitrogens with zero attached hydrogens (tertiary/aromatic N) is 2. The van der Waals surface area contributed by atoms with Crippen molar-refractivity contribution in [3.05, 3.63) is 33.4 Å². The van der Waals surface area contributed by atoms with Crippen LogP contribution in [0.25, 0.3) is 0 Å². The summed E-state index contributed by atoms with van der Waals surface area (Å²) < 4.78 is 5.21. The van der Waals surface area contributed by atoms with Crippen LogP contribution in [-0.4, -0.2) is 36.6 Å². The first-order valence-electron chi connectivity index (χ1n) is 7.97. The first kappa shape index (κ1) is 16.7. The molecule has 0 amide bonds. The molecule has 0 N–H and O–H groups in total. The summed E-state index contributed by atoms with van der Waals surface area (Å²) in [4.78, 5) is 13.2. The number of likely N-dealkylation sites (tertiary alicyclic amines) is 1. The highest BCUT2D eigenvalue weighted by molar-refractivity contribution is 5.52. The summed E-state index contributed by atoms with van der Waals surface area (Å²) >= 11 is 0. The van der Waals surface area contributed by atoms with E-state index in [1.165, 1.54) is 12.7 Å². The van der Waals surface area contributed by atoms with Gasteiger partial charge in [-0.05, 0) is 61.9 Å². The molecule has 0 unspecified atom stereocenters. The predicted molar refractivity (Wildman–Crippen MR) is 87.6 cm³/mol. The van der Waals surface area contributed by atoms with Crippen molar-refractivity contribution in [1.29, 1.82) is 0 Å². The number of aryl methyl sites for hydroxylation is 1. The van der Waals surface area contributed by atoms with E-state index in [-0.39, 0.29) is 10.6 Å². The van der Waals surface area contributed by atoms with E-state index in [9.17, 15) is 10.1 Å². The SMILES string of the molecule is COc1cc(C2CCN(CC(C)C)CC2)c(C)cc1[N+](=O)[O-]. The molecule has 5 nitrogen and oxygen atoms in total. The molecule has 1 aliphatic heterocycles. The van der Waals surface area contributed by atoms with Crippen LogP contribution in [0.2, 0.25) is 0 Å². The number of hydrogen-bond acceptors (Lipinski definition) is 4. The number of piperidine rings is 1. The van der Waals surface area contributed by atoms with E-state index in [1.807, 2.05) is 13.0 Å². The molecule has 22 heavy (non-hydrogen) atoms. The Morgan fingerprint density at radius 2 is 2.00 bits per heavy atom. The molecule has 0 aromatic heterocycles. The van der Waals surface area contributed by atoms with E-state index in [2.05, 4.69) is 18.7 Å². The third-order valence-corrected chi connectivity index (χ3v) is 4.41. The van der Waals surface area contributed by atoms with Gasteiger partial charge in [-0.15, -0.1) is 0 Å². The number of hydrogen-bond donors (Lipinski definition) is 0. The van der Waals surface area contributed by atoms with Crippen LogP contribution in [-0.2, 0) is 0 Å². The summed E-state index contributed by atoms with van der Waals surface area (Å²) in [5.41, 5.74) is 2.25. The van der Waals surface area contributed by atoms with Gasteiger partial charge in [0.05, 0.1) is 12.0 Å². The predicted octanol–water partition coefficient (Wildman–Crippen LogP) is 3.75. The van der Waals surface area contributed by atoms with Crippen molar-refractivity contribution in [3.63, 3.8) is 0 Å². The largest absolute Gasteiger partial charge is 0.490 e. The van der Waals surface area contributed by atoms with Crippen molar-refractivity contribution in [2.24, 2.45) is 5.92 Å². The van der Waals surface area contributed by atoms with Gasteiger partial charge in [-0.3, -0.25) is 10.1 Å². The van der Waals surface area contributed by atoms with Gasteiger partial charge in [-0.1, -0.05) is 13.8 Å². The van der Waals surface area contributed by atoms with Gasteiger partial charge in [-0.2, -0.15) is 0 Å². The maximum Gasteiger partial charge on any atom is 0.311 e. The normalized spacial score (nSPS) is 17.0. The van der Waals surface area contributed by atoms with Crippen molar-refractivity contribution in [2.45, 2.75) is 39.5 Å². The zero-order valence-electron chi connectivity index (χ0n) is 14.0. The minimum Gasteiger partial charge on any atom is -0.490 e. The van der Waals surface area contributed by atoms with Crippen molar-refractivity contribution >= 4 is 5.69 Å². The molecule has 1 fully saturated rings. The topological polar surface area (TPSA) is 55.6 Å². The molecule has 1 aliphatic rings. The number of methoxy groups -OCH3 is 1. The molecule has 1 heterocycles. The summed E-state index contributed by atoms with van der Waals surface area (Å²) in [5, 5.41) is 11.1. The molecule has 0 aliphatic carbocycles. The fraction of sp³-hybridized carbons (Fsp3) is 0.647. The Balaban J connectivity index is 2.15. The van der Waals surface area contributed by atoms with Crippen LogP contribution < -0.4 is 4.74 Å². The van der Waals surface area contributed by atoms with Gasteiger partial charge in [0.25, 0.3) is 0 Å². The van der Waals surface area contributed by atoms with Gasteiger partial charge >= 0.3 is 5.69 Å².